The molecule has 4 aromatic rings. The number of hydrogen-bond acceptors (Lipinski definition) is 4. The molecule has 2 heterocycles. The molecule has 1 amide bonds. The second kappa shape index (κ2) is 8.56. The summed E-state index contributed by atoms with van der Waals surface area (Å²) in [7, 11) is 0. The quantitative estimate of drug-likeness (QED) is 0.525. The molecule has 0 unspecified atom stereocenters. The van der Waals surface area contributed by atoms with Gasteiger partial charge in [-0.25, -0.2) is 4.98 Å². The van der Waals surface area contributed by atoms with Crippen LogP contribution in [0.3, 0.4) is 0 Å². The molecule has 2 aromatic carbocycles. The number of fused-ring (bicyclic) bond motifs is 1. The van der Waals surface area contributed by atoms with Crippen molar-refractivity contribution in [2.75, 3.05) is 6.61 Å². The Morgan fingerprint density at radius 3 is 2.62 bits per heavy atom. The molecular formula is C23H22N4O2. The van der Waals surface area contributed by atoms with Crippen molar-refractivity contribution in [1.82, 2.24) is 19.9 Å². The first-order chi connectivity index (χ1) is 14.2. The maximum Gasteiger partial charge on any atom is 0.270 e. The van der Waals surface area contributed by atoms with Crippen LogP contribution in [0.1, 0.15) is 21.9 Å². The molecule has 146 valence electrons. The third-order valence-electron chi connectivity index (χ3n) is 4.64. The normalized spacial score (nSPS) is 10.8. The third kappa shape index (κ3) is 4.43. The van der Waals surface area contributed by atoms with Gasteiger partial charge in [0.15, 0.2) is 0 Å². The van der Waals surface area contributed by atoms with Crippen molar-refractivity contribution in [3.05, 3.63) is 90.0 Å². The van der Waals surface area contributed by atoms with Gasteiger partial charge in [0.1, 0.15) is 23.9 Å². The van der Waals surface area contributed by atoms with Crippen molar-refractivity contribution in [3.8, 4) is 5.75 Å². The van der Waals surface area contributed by atoms with Gasteiger partial charge in [-0.3, -0.25) is 9.78 Å². The van der Waals surface area contributed by atoms with E-state index < -0.39 is 0 Å². The molecule has 29 heavy (non-hydrogen) atoms. The number of ether oxygens (including phenoxy) is 1. The van der Waals surface area contributed by atoms with Crippen molar-refractivity contribution in [2.24, 2.45) is 0 Å². The van der Waals surface area contributed by atoms with Crippen LogP contribution in [0.2, 0.25) is 0 Å². The minimum absolute atomic E-state index is 0.222. The van der Waals surface area contributed by atoms with E-state index in [2.05, 4.69) is 19.9 Å². The molecule has 0 atom stereocenters. The highest BCUT2D eigenvalue weighted by atomic mass is 16.5. The number of carbonyl (C=O) groups is 1. The lowest BCUT2D eigenvalue weighted by atomic mass is 10.2. The van der Waals surface area contributed by atoms with Crippen molar-refractivity contribution in [3.63, 3.8) is 0 Å². The number of carbonyl (C=O) groups excluding carboxylic acids is 1. The Morgan fingerprint density at radius 2 is 1.83 bits per heavy atom. The smallest absolute Gasteiger partial charge is 0.270 e. The minimum Gasteiger partial charge on any atom is -0.492 e. The monoisotopic (exact) mass is 386 g/mol. The number of para-hydroxylation sites is 2. The Labute approximate surface area is 169 Å². The molecule has 2 aromatic heterocycles. The topological polar surface area (TPSA) is 69.0 Å². The zero-order valence-corrected chi connectivity index (χ0v) is 16.2. The molecule has 1 N–H and O–H groups in total. The number of benzene rings is 2. The van der Waals surface area contributed by atoms with Crippen LogP contribution in [0.4, 0.5) is 0 Å². The largest absolute Gasteiger partial charge is 0.492 e. The second-order valence-electron chi connectivity index (χ2n) is 6.73. The number of pyridine rings is 1. The zero-order chi connectivity index (χ0) is 20.1. The van der Waals surface area contributed by atoms with Crippen molar-refractivity contribution < 1.29 is 9.53 Å². The summed E-state index contributed by atoms with van der Waals surface area (Å²) in [4.78, 5) is 21.1. The Balaban J connectivity index is 1.48. The lowest BCUT2D eigenvalue weighted by Crippen LogP contribution is -2.26. The number of rotatable bonds is 7. The number of nitrogens with zero attached hydrogens (tertiary/aromatic N) is 3. The number of aromatic nitrogens is 3. The summed E-state index contributed by atoms with van der Waals surface area (Å²) in [6.07, 6.45) is 1.60. The van der Waals surface area contributed by atoms with E-state index in [1.807, 2.05) is 55.5 Å². The van der Waals surface area contributed by atoms with Crippen LogP contribution in [0.25, 0.3) is 11.0 Å². The molecule has 0 saturated heterocycles. The highest BCUT2D eigenvalue weighted by molar-refractivity contribution is 5.92. The van der Waals surface area contributed by atoms with E-state index in [1.165, 1.54) is 5.56 Å². The van der Waals surface area contributed by atoms with Crippen LogP contribution in [0.5, 0.6) is 5.75 Å². The van der Waals surface area contributed by atoms with E-state index in [9.17, 15) is 4.79 Å². The van der Waals surface area contributed by atoms with Gasteiger partial charge in [-0.05, 0) is 43.3 Å². The van der Waals surface area contributed by atoms with Crippen LogP contribution in [0.15, 0.2) is 72.9 Å². The molecule has 0 aliphatic heterocycles. The number of nitrogens with one attached hydrogen (secondary N) is 1. The summed E-state index contributed by atoms with van der Waals surface area (Å²) in [5.74, 6) is 1.40. The molecule has 0 fully saturated rings. The fraction of sp³-hybridized carbons (Fsp3) is 0.174. The lowest BCUT2D eigenvalue weighted by Gasteiger charge is -2.11. The van der Waals surface area contributed by atoms with E-state index in [0.717, 1.165) is 22.6 Å². The minimum atomic E-state index is -0.222. The summed E-state index contributed by atoms with van der Waals surface area (Å²) in [5.41, 5.74) is 3.49. The highest BCUT2D eigenvalue weighted by Gasteiger charge is 2.13. The first-order valence-corrected chi connectivity index (χ1v) is 9.53. The first-order valence-electron chi connectivity index (χ1n) is 9.53. The summed E-state index contributed by atoms with van der Waals surface area (Å²) < 4.78 is 7.97. The zero-order valence-electron chi connectivity index (χ0n) is 16.2. The fourth-order valence-corrected chi connectivity index (χ4v) is 3.15. The molecule has 6 nitrogen and oxygen atoms in total. The van der Waals surface area contributed by atoms with E-state index in [1.54, 1.807) is 24.4 Å². The van der Waals surface area contributed by atoms with Gasteiger partial charge in [-0.2, -0.15) is 0 Å². The van der Waals surface area contributed by atoms with Crippen molar-refractivity contribution >= 4 is 16.9 Å². The summed E-state index contributed by atoms with van der Waals surface area (Å²) in [6.45, 7) is 3.50. The van der Waals surface area contributed by atoms with Gasteiger partial charge in [0.2, 0.25) is 0 Å². The van der Waals surface area contributed by atoms with Crippen LogP contribution in [-0.2, 0) is 13.1 Å². The molecule has 0 spiro atoms. The lowest BCUT2D eigenvalue weighted by molar-refractivity contribution is 0.0944. The Morgan fingerprint density at radius 1 is 1.03 bits per heavy atom. The predicted octanol–water partition coefficient (Wildman–Crippen LogP) is 3.75. The number of aryl methyl sites for hydroxylation is 1. The SMILES string of the molecule is Cc1ccc(OCCn2c(CNC(=O)c3ccccn3)nc3ccccc32)cc1. The Kier molecular flexibility index (Phi) is 5.52. The summed E-state index contributed by atoms with van der Waals surface area (Å²) in [6, 6.07) is 21.2. The van der Waals surface area contributed by atoms with E-state index in [0.29, 0.717) is 25.4 Å². The van der Waals surface area contributed by atoms with E-state index >= 15 is 0 Å². The van der Waals surface area contributed by atoms with E-state index in [4.69, 9.17) is 4.74 Å². The number of amides is 1. The molecule has 0 radical (unpaired) electrons. The van der Waals surface area contributed by atoms with Gasteiger partial charge in [-0.15, -0.1) is 0 Å². The summed E-state index contributed by atoms with van der Waals surface area (Å²) >= 11 is 0. The van der Waals surface area contributed by atoms with Gasteiger partial charge in [0.25, 0.3) is 5.91 Å². The molecule has 6 heteroatoms. The Bertz CT molecular complexity index is 1100. The van der Waals surface area contributed by atoms with Gasteiger partial charge in [0.05, 0.1) is 24.1 Å². The molecular weight excluding hydrogens is 364 g/mol. The van der Waals surface area contributed by atoms with Gasteiger partial charge >= 0.3 is 0 Å². The second-order valence-corrected chi connectivity index (χ2v) is 6.73. The van der Waals surface area contributed by atoms with Gasteiger partial charge in [0, 0.05) is 6.20 Å². The number of hydrogen-bond donors (Lipinski definition) is 1. The van der Waals surface area contributed by atoms with E-state index in [-0.39, 0.29) is 5.91 Å². The van der Waals surface area contributed by atoms with Gasteiger partial charge in [-0.1, -0.05) is 35.9 Å². The standard InChI is InChI=1S/C23H22N4O2/c1-17-9-11-18(12-10-17)29-15-14-27-21-8-3-2-6-19(21)26-22(27)16-25-23(28)20-7-4-5-13-24-20/h2-13H,14-16H2,1H3,(H,25,28). The summed E-state index contributed by atoms with van der Waals surface area (Å²) in [5, 5.41) is 2.91. The van der Waals surface area contributed by atoms with Crippen LogP contribution in [0, 0.1) is 6.92 Å². The maximum absolute atomic E-state index is 12.3. The third-order valence-corrected chi connectivity index (χ3v) is 4.64. The Hall–Kier alpha value is -3.67. The molecule has 0 aliphatic carbocycles. The average molecular weight is 386 g/mol. The van der Waals surface area contributed by atoms with Gasteiger partial charge < -0.3 is 14.6 Å². The molecule has 0 bridgehead atoms. The first kappa shape index (κ1) is 18.7. The average Bonchev–Trinajstić information content (AvgIpc) is 3.11. The maximum atomic E-state index is 12.3. The highest BCUT2D eigenvalue weighted by Crippen LogP contribution is 2.17. The number of imidazole rings is 1. The predicted molar refractivity (Wildman–Crippen MR) is 112 cm³/mol. The molecule has 0 saturated carbocycles. The van der Waals surface area contributed by atoms with Crippen LogP contribution in [-0.4, -0.2) is 27.0 Å². The van der Waals surface area contributed by atoms with Crippen molar-refractivity contribution in [1.29, 1.82) is 0 Å². The molecule has 0 aliphatic rings. The fourth-order valence-electron chi connectivity index (χ4n) is 3.15. The van der Waals surface area contributed by atoms with Crippen LogP contribution < -0.4 is 10.1 Å². The molecule has 4 rings (SSSR count). The van der Waals surface area contributed by atoms with Crippen molar-refractivity contribution in [2.45, 2.75) is 20.0 Å². The van der Waals surface area contributed by atoms with Crippen LogP contribution >= 0.6 is 0 Å².